The molecule has 1 aliphatic heterocycles. The number of hydrogen-bond donors (Lipinski definition) is 1. The maximum atomic E-state index is 13.8. The van der Waals surface area contributed by atoms with Crippen molar-refractivity contribution in [3.05, 3.63) is 90.0 Å². The van der Waals surface area contributed by atoms with Crippen molar-refractivity contribution in [1.29, 1.82) is 0 Å². The van der Waals surface area contributed by atoms with Gasteiger partial charge in [0.1, 0.15) is 12.6 Å². The molecular weight excluding hydrogens is 480 g/mol. The van der Waals surface area contributed by atoms with E-state index in [1.54, 1.807) is 24.3 Å². The Kier molecular flexibility index (Phi) is 7.90. The van der Waals surface area contributed by atoms with Gasteiger partial charge in [-0.25, -0.2) is 0 Å². The molecule has 0 radical (unpaired) electrons. The van der Waals surface area contributed by atoms with Gasteiger partial charge in [-0.2, -0.15) is 0 Å². The van der Waals surface area contributed by atoms with Gasteiger partial charge in [-0.3, -0.25) is 24.1 Å². The predicted octanol–water partition coefficient (Wildman–Crippen LogP) is 3.97. The van der Waals surface area contributed by atoms with Crippen LogP contribution >= 0.6 is 0 Å². The van der Waals surface area contributed by atoms with E-state index in [-0.39, 0.29) is 30.5 Å². The Bertz CT molecular complexity index is 1340. The van der Waals surface area contributed by atoms with Crippen molar-refractivity contribution in [3.63, 3.8) is 0 Å². The van der Waals surface area contributed by atoms with Gasteiger partial charge in [0.2, 0.25) is 11.8 Å². The van der Waals surface area contributed by atoms with E-state index in [1.807, 2.05) is 87.4 Å². The Balaban J connectivity index is 1.63. The molecule has 8 heteroatoms. The highest BCUT2D eigenvalue weighted by Gasteiger charge is 2.39. The first-order chi connectivity index (χ1) is 18.2. The first kappa shape index (κ1) is 26.6. The molecule has 1 atom stereocenters. The molecule has 0 saturated carbocycles. The van der Waals surface area contributed by atoms with Gasteiger partial charge in [0.15, 0.2) is 0 Å². The molecule has 3 aromatic rings. The molecule has 3 amide bonds. The third kappa shape index (κ3) is 5.59. The third-order valence-electron chi connectivity index (χ3n) is 6.58. The number of benzene rings is 3. The molecule has 38 heavy (non-hydrogen) atoms. The number of ketones is 1. The number of nitrogens with one attached hydrogen (secondary N) is 1. The number of carbonyl (C=O) groups excluding carboxylic acids is 4. The van der Waals surface area contributed by atoms with E-state index in [9.17, 15) is 19.2 Å². The Morgan fingerprint density at radius 2 is 1.50 bits per heavy atom. The van der Waals surface area contributed by atoms with Gasteiger partial charge < -0.3 is 15.1 Å². The van der Waals surface area contributed by atoms with Crippen LogP contribution in [0.25, 0.3) is 0 Å². The van der Waals surface area contributed by atoms with Crippen molar-refractivity contribution in [2.45, 2.75) is 26.4 Å². The molecule has 0 aliphatic carbocycles. The van der Waals surface area contributed by atoms with Crippen molar-refractivity contribution in [2.24, 2.45) is 5.92 Å². The molecule has 0 bridgehead atoms. The highest BCUT2D eigenvalue weighted by atomic mass is 16.2. The number of para-hydroxylation sites is 1. The molecule has 0 saturated heterocycles. The van der Waals surface area contributed by atoms with Gasteiger partial charge >= 0.3 is 0 Å². The Morgan fingerprint density at radius 3 is 2.13 bits per heavy atom. The SMILES string of the molecule is CC(C)C(C(=O)Nc1ccc(N(C)C)cc1)N(Cc1ccccc1)C(=O)CN1C(=O)C(=O)c2ccccc21. The van der Waals surface area contributed by atoms with Crippen LogP contribution in [0, 0.1) is 5.92 Å². The number of nitrogens with zero attached hydrogens (tertiary/aromatic N) is 3. The summed E-state index contributed by atoms with van der Waals surface area (Å²) in [6.45, 7) is 3.59. The number of fused-ring (bicyclic) bond motifs is 1. The number of carbonyl (C=O) groups is 4. The van der Waals surface area contributed by atoms with E-state index < -0.39 is 23.6 Å². The number of hydrogen-bond acceptors (Lipinski definition) is 5. The summed E-state index contributed by atoms with van der Waals surface area (Å²) in [6.07, 6.45) is 0. The fourth-order valence-corrected chi connectivity index (χ4v) is 4.62. The van der Waals surface area contributed by atoms with Crippen LogP contribution in [0.4, 0.5) is 17.1 Å². The summed E-state index contributed by atoms with van der Waals surface area (Å²) in [5.74, 6) is -2.37. The fourth-order valence-electron chi connectivity index (χ4n) is 4.62. The van der Waals surface area contributed by atoms with E-state index in [0.29, 0.717) is 11.4 Å². The second-order valence-corrected chi connectivity index (χ2v) is 9.86. The maximum absolute atomic E-state index is 13.8. The lowest BCUT2D eigenvalue weighted by molar-refractivity contribution is -0.140. The summed E-state index contributed by atoms with van der Waals surface area (Å²) in [7, 11) is 3.87. The highest BCUT2D eigenvalue weighted by molar-refractivity contribution is 6.52. The van der Waals surface area contributed by atoms with E-state index in [2.05, 4.69) is 5.32 Å². The van der Waals surface area contributed by atoms with Gasteiger partial charge in [0.25, 0.3) is 11.7 Å². The van der Waals surface area contributed by atoms with Crippen LogP contribution < -0.4 is 15.1 Å². The number of amides is 3. The number of Topliss-reactive ketones (excluding diaryl/α,β-unsaturated/α-hetero) is 1. The number of anilines is 3. The minimum Gasteiger partial charge on any atom is -0.378 e. The van der Waals surface area contributed by atoms with E-state index in [4.69, 9.17) is 0 Å². The molecule has 1 aliphatic rings. The molecule has 0 spiro atoms. The van der Waals surface area contributed by atoms with Crippen LogP contribution in [0.15, 0.2) is 78.9 Å². The monoisotopic (exact) mass is 512 g/mol. The second kappa shape index (κ2) is 11.3. The topological polar surface area (TPSA) is 90.0 Å². The van der Waals surface area contributed by atoms with Gasteiger partial charge in [0.05, 0.1) is 11.3 Å². The van der Waals surface area contributed by atoms with Crippen LogP contribution in [0.2, 0.25) is 0 Å². The van der Waals surface area contributed by atoms with Crippen LogP contribution in [-0.2, 0) is 20.9 Å². The summed E-state index contributed by atoms with van der Waals surface area (Å²) in [4.78, 5) is 57.3. The largest absolute Gasteiger partial charge is 0.378 e. The standard InChI is InChI=1S/C30H32N4O4/c1-20(2)27(29(37)31-22-14-16-23(17-15-22)32(3)4)34(18-21-10-6-5-7-11-21)26(35)19-33-25-13-9-8-12-24(25)28(36)30(33)38/h5-17,20,27H,18-19H2,1-4H3,(H,31,37). The van der Waals surface area contributed by atoms with Crippen molar-refractivity contribution < 1.29 is 19.2 Å². The number of rotatable bonds is 9. The summed E-state index contributed by atoms with van der Waals surface area (Å²) in [5.41, 5.74) is 3.14. The zero-order chi connectivity index (χ0) is 27.4. The van der Waals surface area contributed by atoms with Crippen molar-refractivity contribution in [2.75, 3.05) is 35.8 Å². The highest BCUT2D eigenvalue weighted by Crippen LogP contribution is 2.29. The molecule has 196 valence electrons. The van der Waals surface area contributed by atoms with Crippen LogP contribution in [-0.4, -0.2) is 55.1 Å². The molecule has 0 aromatic heterocycles. The lowest BCUT2D eigenvalue weighted by Crippen LogP contribution is -2.53. The summed E-state index contributed by atoms with van der Waals surface area (Å²) in [5, 5.41) is 2.95. The molecule has 1 heterocycles. The normalized spacial score (nSPS) is 13.3. The molecule has 4 rings (SSSR count). The molecule has 8 nitrogen and oxygen atoms in total. The molecule has 0 fully saturated rings. The average Bonchev–Trinajstić information content (AvgIpc) is 3.14. The Hall–Kier alpha value is -4.46. The van der Waals surface area contributed by atoms with Gasteiger partial charge in [-0.15, -0.1) is 0 Å². The molecule has 1 N–H and O–H groups in total. The molecule has 1 unspecified atom stereocenters. The quantitative estimate of drug-likeness (QED) is 0.438. The summed E-state index contributed by atoms with van der Waals surface area (Å²) < 4.78 is 0. The van der Waals surface area contributed by atoms with Crippen molar-refractivity contribution in [1.82, 2.24) is 4.90 Å². The maximum Gasteiger partial charge on any atom is 0.299 e. The second-order valence-electron chi connectivity index (χ2n) is 9.86. The summed E-state index contributed by atoms with van der Waals surface area (Å²) >= 11 is 0. The van der Waals surface area contributed by atoms with Gasteiger partial charge in [-0.1, -0.05) is 56.3 Å². The van der Waals surface area contributed by atoms with Crippen molar-refractivity contribution >= 4 is 40.6 Å². The minimum atomic E-state index is -0.820. The van der Waals surface area contributed by atoms with Gasteiger partial charge in [-0.05, 0) is 47.9 Å². The van der Waals surface area contributed by atoms with E-state index in [0.717, 1.165) is 11.3 Å². The smallest absolute Gasteiger partial charge is 0.299 e. The minimum absolute atomic E-state index is 0.174. The van der Waals surface area contributed by atoms with Crippen molar-refractivity contribution in [3.8, 4) is 0 Å². The molecule has 3 aromatic carbocycles. The zero-order valence-corrected chi connectivity index (χ0v) is 22.0. The Labute approximate surface area is 222 Å². The lowest BCUT2D eigenvalue weighted by Gasteiger charge is -2.34. The van der Waals surface area contributed by atoms with E-state index >= 15 is 0 Å². The van der Waals surface area contributed by atoms with Crippen LogP contribution in [0.3, 0.4) is 0 Å². The fraction of sp³-hybridized carbons (Fsp3) is 0.267. The first-order valence-corrected chi connectivity index (χ1v) is 12.5. The average molecular weight is 513 g/mol. The summed E-state index contributed by atoms with van der Waals surface area (Å²) in [6, 6.07) is 22.6. The third-order valence-corrected chi connectivity index (χ3v) is 6.58. The van der Waals surface area contributed by atoms with Gasteiger partial charge in [0, 0.05) is 32.0 Å². The van der Waals surface area contributed by atoms with Crippen LogP contribution in [0.1, 0.15) is 29.8 Å². The lowest BCUT2D eigenvalue weighted by atomic mass is 10.00. The van der Waals surface area contributed by atoms with Crippen LogP contribution in [0.5, 0.6) is 0 Å². The Morgan fingerprint density at radius 1 is 0.868 bits per heavy atom. The van der Waals surface area contributed by atoms with E-state index in [1.165, 1.54) is 9.80 Å². The first-order valence-electron chi connectivity index (χ1n) is 12.5. The zero-order valence-electron chi connectivity index (χ0n) is 22.0. The predicted molar refractivity (Wildman–Crippen MR) is 148 cm³/mol. The molecular formula is C30H32N4O4.